The SMILES string of the molecule is COc1ccc(NC(=O)C2=C(C)Nc3c(C(=O)Nc4ccc(C)cc4)cnn3C2c2ccc(Br)cc2)cc1. The number of nitrogens with one attached hydrogen (secondary N) is 3. The van der Waals surface area contributed by atoms with Crippen molar-refractivity contribution in [3.05, 3.63) is 111 Å². The first-order valence-corrected chi connectivity index (χ1v) is 12.8. The first-order chi connectivity index (χ1) is 18.3. The minimum Gasteiger partial charge on any atom is -0.497 e. The van der Waals surface area contributed by atoms with Crippen LogP contribution in [0.5, 0.6) is 5.75 Å². The molecule has 0 fully saturated rings. The molecule has 0 saturated carbocycles. The Kier molecular flexibility index (Phi) is 7.02. The fourth-order valence-electron chi connectivity index (χ4n) is 4.38. The molecule has 0 saturated heterocycles. The number of hydrogen-bond donors (Lipinski definition) is 3. The van der Waals surface area contributed by atoms with Crippen LogP contribution >= 0.6 is 15.9 Å². The number of carbonyl (C=O) groups excluding carboxylic acids is 2. The zero-order chi connectivity index (χ0) is 26.8. The van der Waals surface area contributed by atoms with Crippen LogP contribution < -0.4 is 20.7 Å². The standard InChI is InChI=1S/C29H26BrN5O3/c1-17-4-10-21(11-5-17)33-28(36)24-16-31-35-26(19-6-8-20(30)9-7-19)25(18(2)32-27(24)35)29(37)34-22-12-14-23(38-3)15-13-22/h4-16,26,32H,1-3H3,(H,33,36)(H,34,37). The van der Waals surface area contributed by atoms with E-state index in [4.69, 9.17) is 4.74 Å². The van der Waals surface area contributed by atoms with E-state index in [1.54, 1.807) is 36.1 Å². The van der Waals surface area contributed by atoms with Crippen LogP contribution in [0.1, 0.15) is 34.5 Å². The number of aromatic nitrogens is 2. The summed E-state index contributed by atoms with van der Waals surface area (Å²) in [6, 6.07) is 21.9. The van der Waals surface area contributed by atoms with Crippen LogP contribution in [0.2, 0.25) is 0 Å². The smallest absolute Gasteiger partial charge is 0.261 e. The molecular weight excluding hydrogens is 546 g/mol. The van der Waals surface area contributed by atoms with Crippen LogP contribution in [0.4, 0.5) is 17.2 Å². The molecule has 5 rings (SSSR count). The lowest BCUT2D eigenvalue weighted by Gasteiger charge is -2.30. The highest BCUT2D eigenvalue weighted by Gasteiger charge is 2.35. The van der Waals surface area contributed by atoms with Crippen molar-refractivity contribution in [2.45, 2.75) is 19.9 Å². The molecule has 1 aliphatic heterocycles. The van der Waals surface area contributed by atoms with Gasteiger partial charge in [0.25, 0.3) is 11.8 Å². The van der Waals surface area contributed by atoms with Crippen LogP contribution in [0, 0.1) is 6.92 Å². The third kappa shape index (κ3) is 5.05. The van der Waals surface area contributed by atoms with Gasteiger partial charge in [0.15, 0.2) is 0 Å². The molecule has 3 aromatic carbocycles. The number of anilines is 3. The molecule has 2 amide bonds. The van der Waals surface area contributed by atoms with Gasteiger partial charge in [0.2, 0.25) is 0 Å². The summed E-state index contributed by atoms with van der Waals surface area (Å²) in [5.74, 6) is 0.639. The molecule has 1 aromatic heterocycles. The predicted octanol–water partition coefficient (Wildman–Crippen LogP) is 6.14. The van der Waals surface area contributed by atoms with Gasteiger partial charge in [0, 0.05) is 21.5 Å². The number of methoxy groups -OCH3 is 1. The van der Waals surface area contributed by atoms with E-state index < -0.39 is 6.04 Å². The molecule has 8 nitrogen and oxygen atoms in total. The van der Waals surface area contributed by atoms with E-state index in [9.17, 15) is 9.59 Å². The number of ether oxygens (including phenoxy) is 1. The van der Waals surface area contributed by atoms with Crippen LogP contribution in [-0.2, 0) is 4.79 Å². The largest absolute Gasteiger partial charge is 0.497 e. The van der Waals surface area contributed by atoms with Crippen molar-refractivity contribution in [1.29, 1.82) is 0 Å². The Bertz CT molecular complexity index is 1520. The lowest BCUT2D eigenvalue weighted by molar-refractivity contribution is -0.113. The number of aryl methyl sites for hydroxylation is 1. The summed E-state index contributed by atoms with van der Waals surface area (Å²) in [7, 11) is 1.59. The van der Waals surface area contributed by atoms with E-state index >= 15 is 0 Å². The molecule has 0 spiro atoms. The van der Waals surface area contributed by atoms with Gasteiger partial charge in [-0.05, 0) is 67.9 Å². The molecule has 3 N–H and O–H groups in total. The quantitative estimate of drug-likeness (QED) is 0.258. The van der Waals surface area contributed by atoms with Gasteiger partial charge in [-0.25, -0.2) is 4.68 Å². The summed E-state index contributed by atoms with van der Waals surface area (Å²) in [5, 5.41) is 13.7. The minimum atomic E-state index is -0.557. The molecule has 2 heterocycles. The zero-order valence-electron chi connectivity index (χ0n) is 21.1. The normalized spacial score (nSPS) is 14.4. The van der Waals surface area contributed by atoms with Crippen molar-refractivity contribution < 1.29 is 14.3 Å². The number of allylic oxidation sites excluding steroid dienone is 1. The van der Waals surface area contributed by atoms with Crippen LogP contribution in [0.15, 0.2) is 94.7 Å². The molecule has 1 unspecified atom stereocenters. The summed E-state index contributed by atoms with van der Waals surface area (Å²) in [6.07, 6.45) is 1.52. The minimum absolute atomic E-state index is 0.278. The fourth-order valence-corrected chi connectivity index (χ4v) is 4.64. The van der Waals surface area contributed by atoms with Gasteiger partial charge in [-0.15, -0.1) is 0 Å². The van der Waals surface area contributed by atoms with Crippen molar-refractivity contribution in [2.75, 3.05) is 23.1 Å². The van der Waals surface area contributed by atoms with Crippen molar-refractivity contribution >= 4 is 44.9 Å². The topological polar surface area (TPSA) is 97.3 Å². The van der Waals surface area contributed by atoms with E-state index in [1.165, 1.54) is 6.20 Å². The molecule has 4 aromatic rings. The number of halogens is 1. The third-order valence-corrected chi connectivity index (χ3v) is 6.88. The lowest BCUT2D eigenvalue weighted by atomic mass is 9.94. The number of hydrogen-bond acceptors (Lipinski definition) is 5. The Balaban J connectivity index is 1.51. The maximum absolute atomic E-state index is 13.6. The summed E-state index contributed by atoms with van der Waals surface area (Å²) < 4.78 is 7.81. The van der Waals surface area contributed by atoms with Gasteiger partial charge in [-0.2, -0.15) is 5.10 Å². The number of carbonyl (C=O) groups is 2. The van der Waals surface area contributed by atoms with E-state index in [0.29, 0.717) is 39.8 Å². The highest BCUT2D eigenvalue weighted by atomic mass is 79.9. The summed E-state index contributed by atoms with van der Waals surface area (Å²) >= 11 is 3.48. The summed E-state index contributed by atoms with van der Waals surface area (Å²) in [4.78, 5) is 26.9. The number of amides is 2. The Morgan fingerprint density at radius 3 is 2.13 bits per heavy atom. The second kappa shape index (κ2) is 10.5. The Hall–Kier alpha value is -4.37. The van der Waals surface area contributed by atoms with Crippen LogP contribution in [-0.4, -0.2) is 28.7 Å². The van der Waals surface area contributed by atoms with Crippen LogP contribution in [0.3, 0.4) is 0 Å². The predicted molar refractivity (Wildman–Crippen MR) is 152 cm³/mol. The van der Waals surface area contributed by atoms with E-state index in [2.05, 4.69) is 37.0 Å². The van der Waals surface area contributed by atoms with Crippen molar-refractivity contribution in [3.63, 3.8) is 0 Å². The Morgan fingerprint density at radius 2 is 1.50 bits per heavy atom. The first-order valence-electron chi connectivity index (χ1n) is 12.0. The first kappa shape index (κ1) is 25.3. The maximum Gasteiger partial charge on any atom is 0.261 e. The lowest BCUT2D eigenvalue weighted by Crippen LogP contribution is -2.32. The van der Waals surface area contributed by atoms with Gasteiger partial charge in [-0.1, -0.05) is 45.8 Å². The van der Waals surface area contributed by atoms with Gasteiger partial charge >= 0.3 is 0 Å². The maximum atomic E-state index is 13.6. The second-order valence-electron chi connectivity index (χ2n) is 8.97. The summed E-state index contributed by atoms with van der Waals surface area (Å²) in [6.45, 7) is 3.82. The molecule has 192 valence electrons. The highest BCUT2D eigenvalue weighted by Crippen LogP contribution is 2.38. The molecule has 38 heavy (non-hydrogen) atoms. The Labute approximate surface area is 228 Å². The zero-order valence-corrected chi connectivity index (χ0v) is 22.7. The number of rotatable bonds is 6. The number of fused-ring (bicyclic) bond motifs is 1. The van der Waals surface area contributed by atoms with Gasteiger partial charge in [0.05, 0.1) is 18.9 Å². The molecule has 0 radical (unpaired) electrons. The second-order valence-corrected chi connectivity index (χ2v) is 9.89. The van der Waals surface area contributed by atoms with Crippen molar-refractivity contribution in [1.82, 2.24) is 9.78 Å². The Morgan fingerprint density at radius 1 is 0.895 bits per heavy atom. The van der Waals surface area contributed by atoms with Crippen molar-refractivity contribution in [2.24, 2.45) is 0 Å². The number of benzene rings is 3. The highest BCUT2D eigenvalue weighted by molar-refractivity contribution is 9.10. The van der Waals surface area contributed by atoms with Crippen molar-refractivity contribution in [3.8, 4) is 5.75 Å². The fraction of sp³-hybridized carbons (Fsp3) is 0.138. The molecule has 1 aliphatic rings. The molecule has 0 aliphatic carbocycles. The van der Waals surface area contributed by atoms with Crippen LogP contribution in [0.25, 0.3) is 0 Å². The molecule has 9 heteroatoms. The van der Waals surface area contributed by atoms with Gasteiger partial charge < -0.3 is 20.7 Å². The average Bonchev–Trinajstić information content (AvgIpc) is 3.33. The molecule has 1 atom stereocenters. The average molecular weight is 572 g/mol. The summed E-state index contributed by atoms with van der Waals surface area (Å²) in [5.41, 5.74) is 4.77. The number of nitrogens with zero attached hydrogens (tertiary/aromatic N) is 2. The van der Waals surface area contributed by atoms with Gasteiger partial charge in [-0.3, -0.25) is 9.59 Å². The van der Waals surface area contributed by atoms with E-state index in [1.807, 2.05) is 62.4 Å². The van der Waals surface area contributed by atoms with E-state index in [-0.39, 0.29) is 11.8 Å². The molecular formula is C29H26BrN5O3. The van der Waals surface area contributed by atoms with Gasteiger partial charge in [0.1, 0.15) is 23.2 Å². The monoisotopic (exact) mass is 571 g/mol. The molecule has 0 bridgehead atoms. The van der Waals surface area contributed by atoms with E-state index in [0.717, 1.165) is 15.6 Å². The third-order valence-electron chi connectivity index (χ3n) is 6.36.